The smallest absolute Gasteiger partial charge is 0.129 e. The van der Waals surface area contributed by atoms with Crippen LogP contribution in [0.25, 0.3) is 0 Å². The minimum atomic E-state index is -0.181. The molecule has 1 saturated heterocycles. The van der Waals surface area contributed by atoms with Crippen molar-refractivity contribution in [1.29, 1.82) is 0 Å². The Morgan fingerprint density at radius 1 is 1.26 bits per heavy atom. The molecule has 0 spiro atoms. The van der Waals surface area contributed by atoms with Gasteiger partial charge in [0.2, 0.25) is 0 Å². The van der Waals surface area contributed by atoms with Gasteiger partial charge >= 0.3 is 0 Å². The monoisotopic (exact) mass is 327 g/mol. The zero-order valence-electron chi connectivity index (χ0n) is 10.9. The molecule has 1 heterocycles. The van der Waals surface area contributed by atoms with Crippen molar-refractivity contribution in [2.24, 2.45) is 5.92 Å². The highest BCUT2D eigenvalue weighted by molar-refractivity contribution is 9.10. The molecule has 3 rings (SSSR count). The first kappa shape index (κ1) is 13.5. The van der Waals surface area contributed by atoms with Crippen molar-refractivity contribution in [3.8, 4) is 0 Å². The maximum Gasteiger partial charge on any atom is 0.129 e. The lowest BCUT2D eigenvalue weighted by molar-refractivity contribution is 0.0381. The van der Waals surface area contributed by atoms with Gasteiger partial charge in [-0.3, -0.25) is 0 Å². The summed E-state index contributed by atoms with van der Waals surface area (Å²) >= 11 is 3.40. The lowest BCUT2D eigenvalue weighted by Gasteiger charge is -2.29. The maximum absolute atomic E-state index is 13.9. The molecule has 19 heavy (non-hydrogen) atoms. The molecule has 104 valence electrons. The Morgan fingerprint density at radius 2 is 2.11 bits per heavy atom. The molecular formula is C15H19BrFNO. The van der Waals surface area contributed by atoms with E-state index in [2.05, 4.69) is 21.2 Å². The van der Waals surface area contributed by atoms with Gasteiger partial charge in [-0.15, -0.1) is 0 Å². The molecule has 1 aromatic rings. The Kier molecular flexibility index (Phi) is 4.20. The molecule has 1 aromatic carbocycles. The van der Waals surface area contributed by atoms with Crippen molar-refractivity contribution < 1.29 is 9.13 Å². The molecule has 1 saturated carbocycles. The van der Waals surface area contributed by atoms with E-state index < -0.39 is 0 Å². The summed E-state index contributed by atoms with van der Waals surface area (Å²) in [7, 11) is 0. The average Bonchev–Trinajstić information content (AvgIpc) is 2.64. The molecule has 1 aliphatic carbocycles. The van der Waals surface area contributed by atoms with Gasteiger partial charge in [-0.2, -0.15) is 0 Å². The lowest BCUT2D eigenvalue weighted by Crippen LogP contribution is -2.38. The topological polar surface area (TPSA) is 21.3 Å². The molecule has 4 heteroatoms. The van der Waals surface area contributed by atoms with E-state index in [0.717, 1.165) is 11.1 Å². The highest BCUT2D eigenvalue weighted by atomic mass is 79.9. The minimum Gasteiger partial charge on any atom is -0.372 e. The van der Waals surface area contributed by atoms with Crippen molar-refractivity contribution in [1.82, 2.24) is 5.32 Å². The van der Waals surface area contributed by atoms with Crippen molar-refractivity contribution in [2.75, 3.05) is 13.2 Å². The summed E-state index contributed by atoms with van der Waals surface area (Å²) in [5.41, 5.74) is 0.653. The van der Waals surface area contributed by atoms with Gasteiger partial charge in [-0.1, -0.05) is 28.8 Å². The van der Waals surface area contributed by atoms with Crippen LogP contribution in [0.2, 0.25) is 0 Å². The van der Waals surface area contributed by atoms with E-state index in [4.69, 9.17) is 4.74 Å². The predicted octanol–water partition coefficient (Wildman–Crippen LogP) is 3.81. The van der Waals surface area contributed by atoms with Gasteiger partial charge in [0.05, 0.1) is 12.7 Å². The molecule has 1 N–H and O–H groups in total. The van der Waals surface area contributed by atoms with Gasteiger partial charge in [0.25, 0.3) is 0 Å². The summed E-state index contributed by atoms with van der Waals surface area (Å²) in [6.45, 7) is 1.45. The first-order valence-corrected chi connectivity index (χ1v) is 7.83. The standard InChI is InChI=1S/C15H19BrFNO/c16-11-5-6-13(17)12(7-11)15-8-18-14-4-2-1-3-10(14)9-19-15/h5-7,10,14-15,18H,1-4,8-9H2. The Balaban J connectivity index is 1.77. The molecule has 0 aromatic heterocycles. The average molecular weight is 328 g/mol. The van der Waals surface area contributed by atoms with Gasteiger partial charge in [0.15, 0.2) is 0 Å². The molecule has 0 amide bonds. The molecule has 2 aliphatic rings. The normalized spacial score (nSPS) is 31.6. The molecule has 0 bridgehead atoms. The van der Waals surface area contributed by atoms with Crippen LogP contribution >= 0.6 is 15.9 Å². The summed E-state index contributed by atoms with van der Waals surface area (Å²) in [5.74, 6) is 0.411. The van der Waals surface area contributed by atoms with Crippen LogP contribution in [0, 0.1) is 11.7 Å². The van der Waals surface area contributed by atoms with E-state index in [9.17, 15) is 4.39 Å². The van der Waals surface area contributed by atoms with Crippen LogP contribution in [0.15, 0.2) is 22.7 Å². The van der Waals surface area contributed by atoms with Crippen LogP contribution in [0.4, 0.5) is 4.39 Å². The number of ether oxygens (including phenoxy) is 1. The molecule has 2 fully saturated rings. The Labute approximate surface area is 121 Å². The second kappa shape index (κ2) is 5.90. The third-order valence-electron chi connectivity index (χ3n) is 4.29. The van der Waals surface area contributed by atoms with Crippen molar-refractivity contribution in [3.05, 3.63) is 34.1 Å². The first-order valence-electron chi connectivity index (χ1n) is 7.04. The van der Waals surface area contributed by atoms with Crippen LogP contribution in [-0.2, 0) is 4.74 Å². The van der Waals surface area contributed by atoms with E-state index in [1.165, 1.54) is 31.7 Å². The Hall–Kier alpha value is -0.450. The molecule has 3 unspecified atom stereocenters. The van der Waals surface area contributed by atoms with Crippen LogP contribution in [0.3, 0.4) is 0 Å². The number of hydrogen-bond donors (Lipinski definition) is 1. The second-order valence-corrected chi connectivity index (χ2v) is 6.46. The van der Waals surface area contributed by atoms with Gasteiger partial charge in [0, 0.05) is 22.6 Å². The maximum atomic E-state index is 13.9. The summed E-state index contributed by atoms with van der Waals surface area (Å²) in [6, 6.07) is 5.61. The largest absolute Gasteiger partial charge is 0.372 e. The summed E-state index contributed by atoms with van der Waals surface area (Å²) < 4.78 is 20.8. The van der Waals surface area contributed by atoms with Crippen molar-refractivity contribution in [2.45, 2.75) is 37.8 Å². The van der Waals surface area contributed by atoms with E-state index >= 15 is 0 Å². The number of halogens is 2. The molecule has 0 radical (unpaired) electrons. The van der Waals surface area contributed by atoms with Gasteiger partial charge < -0.3 is 10.1 Å². The van der Waals surface area contributed by atoms with Crippen LogP contribution < -0.4 is 5.32 Å². The van der Waals surface area contributed by atoms with Gasteiger partial charge in [-0.05, 0) is 37.0 Å². The van der Waals surface area contributed by atoms with Crippen molar-refractivity contribution in [3.63, 3.8) is 0 Å². The number of fused-ring (bicyclic) bond motifs is 1. The molecule has 3 atom stereocenters. The van der Waals surface area contributed by atoms with E-state index in [1.54, 1.807) is 6.07 Å². The van der Waals surface area contributed by atoms with Crippen molar-refractivity contribution >= 4 is 15.9 Å². The third-order valence-corrected chi connectivity index (χ3v) is 4.78. The van der Waals surface area contributed by atoms with Crippen LogP contribution in [-0.4, -0.2) is 19.2 Å². The number of rotatable bonds is 1. The summed E-state index contributed by atoms with van der Waals surface area (Å²) in [6.07, 6.45) is 4.86. The van der Waals surface area contributed by atoms with E-state index in [-0.39, 0.29) is 11.9 Å². The van der Waals surface area contributed by atoms with Crippen LogP contribution in [0.1, 0.15) is 37.4 Å². The zero-order chi connectivity index (χ0) is 13.2. The fraction of sp³-hybridized carbons (Fsp3) is 0.600. The number of benzene rings is 1. The molecular weight excluding hydrogens is 309 g/mol. The highest BCUT2D eigenvalue weighted by Crippen LogP contribution is 2.31. The SMILES string of the molecule is Fc1ccc(Br)cc1C1CNC2CCCCC2CO1. The zero-order valence-corrected chi connectivity index (χ0v) is 12.5. The summed E-state index contributed by atoms with van der Waals surface area (Å²) in [5, 5.41) is 3.57. The predicted molar refractivity (Wildman–Crippen MR) is 76.5 cm³/mol. The fourth-order valence-electron chi connectivity index (χ4n) is 3.19. The number of hydrogen-bond acceptors (Lipinski definition) is 2. The van der Waals surface area contributed by atoms with E-state index in [0.29, 0.717) is 24.1 Å². The molecule has 2 nitrogen and oxygen atoms in total. The second-order valence-electron chi connectivity index (χ2n) is 5.55. The van der Waals surface area contributed by atoms with Gasteiger partial charge in [0.1, 0.15) is 5.82 Å². The fourth-order valence-corrected chi connectivity index (χ4v) is 3.57. The Morgan fingerprint density at radius 3 is 3.00 bits per heavy atom. The highest BCUT2D eigenvalue weighted by Gasteiger charge is 2.30. The van der Waals surface area contributed by atoms with Gasteiger partial charge in [-0.25, -0.2) is 4.39 Å². The third kappa shape index (κ3) is 3.01. The minimum absolute atomic E-state index is 0.178. The quantitative estimate of drug-likeness (QED) is 0.846. The first-order chi connectivity index (χ1) is 9.24. The molecule has 1 aliphatic heterocycles. The van der Waals surface area contributed by atoms with Crippen LogP contribution in [0.5, 0.6) is 0 Å². The summed E-state index contributed by atoms with van der Waals surface area (Å²) in [4.78, 5) is 0. The Bertz CT molecular complexity index is 438. The number of nitrogens with one attached hydrogen (secondary N) is 1. The lowest BCUT2D eigenvalue weighted by atomic mass is 9.85. The van der Waals surface area contributed by atoms with E-state index in [1.807, 2.05) is 6.07 Å².